The van der Waals surface area contributed by atoms with Crippen LogP contribution < -0.4 is 15.4 Å². The second kappa shape index (κ2) is 10.7. The molecule has 1 aliphatic carbocycles. The predicted molar refractivity (Wildman–Crippen MR) is 106 cm³/mol. The highest BCUT2D eigenvalue weighted by atomic mass is 127. The van der Waals surface area contributed by atoms with Gasteiger partial charge in [0.25, 0.3) is 0 Å². The summed E-state index contributed by atoms with van der Waals surface area (Å²) in [5, 5.41) is 6.90. The Balaban J connectivity index is 0.00000264. The summed E-state index contributed by atoms with van der Waals surface area (Å²) in [5.74, 6) is 2.40. The lowest BCUT2D eigenvalue weighted by atomic mass is 9.87. The van der Waals surface area contributed by atoms with Gasteiger partial charge in [-0.3, -0.25) is 0 Å². The Bertz CT molecular complexity index is 487. The number of aromatic nitrogens is 1. The zero-order valence-electron chi connectivity index (χ0n) is 14.3. The van der Waals surface area contributed by atoms with Crippen LogP contribution in [0.1, 0.15) is 45.1 Å². The molecule has 130 valence electrons. The Kier molecular flexibility index (Phi) is 9.28. The number of ether oxygens (including phenoxy) is 1. The van der Waals surface area contributed by atoms with Crippen molar-refractivity contribution in [2.45, 2.75) is 52.1 Å². The minimum Gasteiger partial charge on any atom is -0.481 e. The van der Waals surface area contributed by atoms with Gasteiger partial charge in [0.2, 0.25) is 5.88 Å². The van der Waals surface area contributed by atoms with Crippen molar-refractivity contribution in [1.29, 1.82) is 0 Å². The lowest BCUT2D eigenvalue weighted by Crippen LogP contribution is -2.44. The molecule has 0 amide bonds. The molecular weight excluding hydrogens is 403 g/mol. The highest BCUT2D eigenvalue weighted by molar-refractivity contribution is 14.0. The van der Waals surface area contributed by atoms with Crippen LogP contribution in [0.15, 0.2) is 23.3 Å². The van der Waals surface area contributed by atoms with E-state index in [-0.39, 0.29) is 24.0 Å². The third-order valence-corrected chi connectivity index (χ3v) is 4.13. The molecule has 0 atom stereocenters. The maximum atomic E-state index is 5.15. The molecule has 1 aromatic rings. The van der Waals surface area contributed by atoms with Gasteiger partial charge < -0.3 is 15.4 Å². The smallest absolute Gasteiger partial charge is 0.213 e. The average Bonchev–Trinajstić information content (AvgIpc) is 2.55. The molecule has 0 radical (unpaired) electrons. The molecule has 5 nitrogen and oxygen atoms in total. The van der Waals surface area contributed by atoms with Crippen LogP contribution in [-0.4, -0.2) is 30.6 Å². The minimum atomic E-state index is 0. The summed E-state index contributed by atoms with van der Waals surface area (Å²) < 4.78 is 5.15. The Morgan fingerprint density at radius 3 is 2.74 bits per heavy atom. The second-order valence-electron chi connectivity index (χ2n) is 6.00. The molecule has 1 heterocycles. The summed E-state index contributed by atoms with van der Waals surface area (Å²) in [6.07, 6.45) is 6.83. The summed E-state index contributed by atoms with van der Waals surface area (Å²) >= 11 is 0. The Hall–Kier alpha value is -1.05. The number of aliphatic imine (C=N–C) groups is 1. The number of rotatable bonds is 5. The van der Waals surface area contributed by atoms with Gasteiger partial charge >= 0.3 is 0 Å². The first-order chi connectivity index (χ1) is 10.7. The SMILES string of the molecule is CCNC(=NCc1ccnc(OC)c1)NC1CCC(C)CC1.I. The largest absolute Gasteiger partial charge is 0.481 e. The molecule has 0 saturated heterocycles. The quantitative estimate of drug-likeness (QED) is 0.426. The van der Waals surface area contributed by atoms with Crippen LogP contribution in [0.3, 0.4) is 0 Å². The summed E-state index contributed by atoms with van der Waals surface area (Å²) in [5.41, 5.74) is 1.10. The molecule has 2 N–H and O–H groups in total. The summed E-state index contributed by atoms with van der Waals surface area (Å²) in [7, 11) is 1.63. The Morgan fingerprint density at radius 1 is 1.35 bits per heavy atom. The molecular formula is C17H29IN4O. The first-order valence-electron chi connectivity index (χ1n) is 8.25. The van der Waals surface area contributed by atoms with E-state index in [0.29, 0.717) is 18.5 Å². The van der Waals surface area contributed by atoms with Crippen LogP contribution in [0.5, 0.6) is 5.88 Å². The number of hydrogen-bond donors (Lipinski definition) is 2. The normalized spacial score (nSPS) is 21.3. The molecule has 23 heavy (non-hydrogen) atoms. The molecule has 6 heteroatoms. The molecule has 0 aromatic carbocycles. The van der Waals surface area contributed by atoms with Gasteiger partial charge in [-0.1, -0.05) is 6.92 Å². The third kappa shape index (κ3) is 6.93. The van der Waals surface area contributed by atoms with Crippen molar-refractivity contribution in [2.24, 2.45) is 10.9 Å². The van der Waals surface area contributed by atoms with Gasteiger partial charge in [0.1, 0.15) is 0 Å². The van der Waals surface area contributed by atoms with E-state index in [9.17, 15) is 0 Å². The van der Waals surface area contributed by atoms with Crippen molar-refractivity contribution < 1.29 is 4.74 Å². The minimum absolute atomic E-state index is 0. The molecule has 0 spiro atoms. The standard InChI is InChI=1S/C17H28N4O.HI/c1-4-18-17(21-15-7-5-13(2)6-8-15)20-12-14-9-10-19-16(11-14)22-3;/h9-11,13,15H,4-8,12H2,1-3H3,(H2,18,20,21);1H. The highest BCUT2D eigenvalue weighted by Crippen LogP contribution is 2.23. The number of nitrogens with one attached hydrogen (secondary N) is 2. The van der Waals surface area contributed by atoms with E-state index in [1.807, 2.05) is 12.1 Å². The first-order valence-corrected chi connectivity index (χ1v) is 8.25. The van der Waals surface area contributed by atoms with Crippen LogP contribution in [0.25, 0.3) is 0 Å². The topological polar surface area (TPSA) is 58.5 Å². The van der Waals surface area contributed by atoms with Crippen molar-refractivity contribution in [1.82, 2.24) is 15.6 Å². The third-order valence-electron chi connectivity index (χ3n) is 4.13. The Morgan fingerprint density at radius 2 is 2.09 bits per heavy atom. The fourth-order valence-corrected chi connectivity index (χ4v) is 2.75. The molecule has 1 aliphatic rings. The van der Waals surface area contributed by atoms with Gasteiger partial charge in [0, 0.05) is 24.8 Å². The van der Waals surface area contributed by atoms with Gasteiger partial charge in [-0.2, -0.15) is 0 Å². The van der Waals surface area contributed by atoms with Gasteiger partial charge in [-0.05, 0) is 50.2 Å². The van der Waals surface area contributed by atoms with E-state index in [4.69, 9.17) is 4.74 Å². The number of halogens is 1. The van der Waals surface area contributed by atoms with E-state index in [0.717, 1.165) is 24.0 Å². The molecule has 1 aromatic heterocycles. The molecule has 1 fully saturated rings. The monoisotopic (exact) mass is 432 g/mol. The molecule has 2 rings (SSSR count). The maximum Gasteiger partial charge on any atom is 0.213 e. The average molecular weight is 432 g/mol. The maximum absolute atomic E-state index is 5.15. The second-order valence-corrected chi connectivity index (χ2v) is 6.00. The van der Waals surface area contributed by atoms with Gasteiger partial charge in [0.15, 0.2) is 5.96 Å². The van der Waals surface area contributed by atoms with Gasteiger partial charge in [0.05, 0.1) is 13.7 Å². The van der Waals surface area contributed by atoms with Crippen molar-refractivity contribution >= 4 is 29.9 Å². The van der Waals surface area contributed by atoms with Crippen molar-refractivity contribution in [3.8, 4) is 5.88 Å². The van der Waals surface area contributed by atoms with Crippen LogP contribution in [0.2, 0.25) is 0 Å². The zero-order chi connectivity index (χ0) is 15.8. The van der Waals surface area contributed by atoms with Gasteiger partial charge in [-0.25, -0.2) is 9.98 Å². The number of pyridine rings is 1. The fraction of sp³-hybridized carbons (Fsp3) is 0.647. The van der Waals surface area contributed by atoms with E-state index >= 15 is 0 Å². The van der Waals surface area contributed by atoms with Crippen LogP contribution in [-0.2, 0) is 6.54 Å². The van der Waals surface area contributed by atoms with E-state index < -0.39 is 0 Å². The van der Waals surface area contributed by atoms with Crippen LogP contribution >= 0.6 is 24.0 Å². The number of nitrogens with zero attached hydrogens (tertiary/aromatic N) is 2. The molecule has 1 saturated carbocycles. The zero-order valence-corrected chi connectivity index (χ0v) is 16.7. The molecule has 0 bridgehead atoms. The molecule has 0 aliphatic heterocycles. The predicted octanol–water partition coefficient (Wildman–Crippen LogP) is 3.34. The van der Waals surface area contributed by atoms with Crippen LogP contribution in [0, 0.1) is 5.92 Å². The van der Waals surface area contributed by atoms with Crippen molar-refractivity contribution in [2.75, 3.05) is 13.7 Å². The number of hydrogen-bond acceptors (Lipinski definition) is 3. The lowest BCUT2D eigenvalue weighted by Gasteiger charge is -2.28. The summed E-state index contributed by atoms with van der Waals surface area (Å²) in [6, 6.07) is 4.44. The number of methoxy groups -OCH3 is 1. The van der Waals surface area contributed by atoms with Gasteiger partial charge in [-0.15, -0.1) is 24.0 Å². The number of guanidine groups is 1. The fourth-order valence-electron chi connectivity index (χ4n) is 2.75. The molecule has 0 unspecified atom stereocenters. The lowest BCUT2D eigenvalue weighted by molar-refractivity contribution is 0.329. The van der Waals surface area contributed by atoms with E-state index in [1.54, 1.807) is 13.3 Å². The van der Waals surface area contributed by atoms with E-state index in [1.165, 1.54) is 25.7 Å². The van der Waals surface area contributed by atoms with Crippen LogP contribution in [0.4, 0.5) is 0 Å². The first kappa shape index (κ1) is 20.0. The summed E-state index contributed by atoms with van der Waals surface area (Å²) in [6.45, 7) is 5.92. The van der Waals surface area contributed by atoms with E-state index in [2.05, 4.69) is 34.5 Å². The van der Waals surface area contributed by atoms with Crippen molar-refractivity contribution in [3.05, 3.63) is 23.9 Å². The Labute approximate surface area is 156 Å². The van der Waals surface area contributed by atoms with Crippen molar-refractivity contribution in [3.63, 3.8) is 0 Å². The summed E-state index contributed by atoms with van der Waals surface area (Å²) in [4.78, 5) is 8.80. The highest BCUT2D eigenvalue weighted by Gasteiger charge is 2.18.